The van der Waals surface area contributed by atoms with E-state index in [0.29, 0.717) is 5.75 Å². The fourth-order valence-corrected chi connectivity index (χ4v) is 2.49. The number of amides is 2. The Morgan fingerprint density at radius 2 is 1.81 bits per heavy atom. The Morgan fingerprint density at radius 3 is 2.48 bits per heavy atom. The predicted molar refractivity (Wildman–Crippen MR) is 97.3 cm³/mol. The van der Waals surface area contributed by atoms with E-state index in [0.717, 1.165) is 23.3 Å². The Hall–Kier alpha value is -2.96. The highest BCUT2D eigenvalue weighted by Gasteiger charge is 2.23. The number of likely N-dealkylation sites (N-methyl/N-ethyl adjacent to an activating group) is 1. The number of rotatable bonds is 7. The van der Waals surface area contributed by atoms with Crippen molar-refractivity contribution in [2.24, 2.45) is 0 Å². The fourth-order valence-electron chi connectivity index (χ4n) is 2.49. The topological polar surface area (TPSA) is 67.4 Å². The molecule has 0 saturated carbocycles. The summed E-state index contributed by atoms with van der Waals surface area (Å²) >= 11 is 0. The van der Waals surface area contributed by atoms with Crippen molar-refractivity contribution in [3.63, 3.8) is 0 Å². The number of ether oxygens (including phenoxy) is 1. The van der Waals surface area contributed by atoms with Gasteiger partial charge in [0.2, 0.25) is 11.8 Å². The van der Waals surface area contributed by atoms with Gasteiger partial charge in [0.25, 0.3) is 0 Å². The van der Waals surface area contributed by atoms with E-state index < -0.39 is 29.5 Å². The normalized spacial score (nSPS) is 11.6. The van der Waals surface area contributed by atoms with Crippen molar-refractivity contribution in [1.29, 1.82) is 0 Å². The summed E-state index contributed by atoms with van der Waals surface area (Å²) in [6.07, 6.45) is 0.00452. The first kappa shape index (κ1) is 20.4. The molecule has 5 nitrogen and oxygen atoms in total. The van der Waals surface area contributed by atoms with Gasteiger partial charge in [-0.3, -0.25) is 9.59 Å². The van der Waals surface area contributed by atoms with E-state index >= 15 is 0 Å². The molecule has 0 spiro atoms. The van der Waals surface area contributed by atoms with E-state index in [1.165, 1.54) is 13.1 Å². The molecule has 0 aliphatic rings. The van der Waals surface area contributed by atoms with Crippen molar-refractivity contribution in [3.05, 3.63) is 64.7 Å². The molecule has 2 amide bonds. The monoisotopic (exact) mass is 376 g/mol. The summed E-state index contributed by atoms with van der Waals surface area (Å²) in [6.45, 7) is 3.96. The van der Waals surface area contributed by atoms with Gasteiger partial charge in [-0.2, -0.15) is 0 Å². The molecule has 0 bridgehead atoms. The molecule has 0 fully saturated rings. The second kappa shape index (κ2) is 9.12. The molecular formula is C20H22F2N2O3. The summed E-state index contributed by atoms with van der Waals surface area (Å²) < 4.78 is 32.2. The van der Waals surface area contributed by atoms with E-state index in [9.17, 15) is 18.4 Å². The lowest BCUT2D eigenvalue weighted by Crippen LogP contribution is -2.39. The maximum Gasteiger partial charge on any atom is 0.246 e. The zero-order valence-electron chi connectivity index (χ0n) is 15.4. The van der Waals surface area contributed by atoms with Gasteiger partial charge in [-0.1, -0.05) is 18.2 Å². The molecule has 2 N–H and O–H groups in total. The molecule has 0 radical (unpaired) electrons. The minimum atomic E-state index is -1.13. The molecule has 0 aliphatic carbocycles. The first-order valence-electron chi connectivity index (χ1n) is 8.47. The van der Waals surface area contributed by atoms with Crippen LogP contribution in [0.25, 0.3) is 0 Å². The van der Waals surface area contributed by atoms with E-state index in [1.54, 1.807) is 0 Å². The number of nitrogens with one attached hydrogen (secondary N) is 2. The van der Waals surface area contributed by atoms with Crippen LogP contribution in [0.4, 0.5) is 8.78 Å². The van der Waals surface area contributed by atoms with Gasteiger partial charge < -0.3 is 15.4 Å². The summed E-state index contributed by atoms with van der Waals surface area (Å²) in [5.41, 5.74) is 2.14. The molecule has 27 heavy (non-hydrogen) atoms. The number of carbonyl (C=O) groups excluding carboxylic acids is 2. The Bertz CT molecular complexity index is 840. The second-order valence-corrected chi connectivity index (χ2v) is 6.16. The number of hydrogen-bond donors (Lipinski definition) is 2. The van der Waals surface area contributed by atoms with Crippen LogP contribution in [0.15, 0.2) is 36.4 Å². The quantitative estimate of drug-likeness (QED) is 0.781. The van der Waals surface area contributed by atoms with E-state index in [-0.39, 0.29) is 18.6 Å². The number of benzene rings is 2. The maximum absolute atomic E-state index is 13.5. The zero-order valence-corrected chi connectivity index (χ0v) is 15.4. The third-order valence-corrected chi connectivity index (χ3v) is 4.02. The van der Waals surface area contributed by atoms with E-state index in [4.69, 9.17) is 4.74 Å². The molecule has 0 aromatic heterocycles. The van der Waals surface area contributed by atoms with Crippen LogP contribution in [-0.2, 0) is 9.59 Å². The maximum atomic E-state index is 13.5. The third kappa shape index (κ3) is 5.51. The summed E-state index contributed by atoms with van der Waals surface area (Å²) in [5.74, 6) is -2.41. The Kier molecular flexibility index (Phi) is 6.87. The van der Waals surface area contributed by atoms with Crippen molar-refractivity contribution in [3.8, 4) is 5.75 Å². The van der Waals surface area contributed by atoms with Gasteiger partial charge in [-0.25, -0.2) is 8.78 Å². The highest BCUT2D eigenvalue weighted by atomic mass is 19.2. The predicted octanol–water partition coefficient (Wildman–Crippen LogP) is 2.95. The lowest BCUT2D eigenvalue weighted by molar-refractivity contribution is -0.129. The summed E-state index contributed by atoms with van der Waals surface area (Å²) in [7, 11) is 1.39. The molecule has 1 atom stereocenters. The van der Waals surface area contributed by atoms with Crippen LogP contribution in [0.1, 0.15) is 29.2 Å². The minimum Gasteiger partial charge on any atom is -0.493 e. The summed E-state index contributed by atoms with van der Waals surface area (Å²) in [6, 6.07) is 7.70. The van der Waals surface area contributed by atoms with Crippen LogP contribution < -0.4 is 15.4 Å². The van der Waals surface area contributed by atoms with Crippen molar-refractivity contribution in [2.45, 2.75) is 26.3 Å². The minimum absolute atomic E-state index is 0.00452. The Balaban J connectivity index is 2.00. The van der Waals surface area contributed by atoms with Crippen LogP contribution in [0.5, 0.6) is 5.75 Å². The van der Waals surface area contributed by atoms with Crippen LogP contribution in [0, 0.1) is 25.5 Å². The smallest absolute Gasteiger partial charge is 0.246 e. The molecular weight excluding hydrogens is 354 g/mol. The van der Waals surface area contributed by atoms with E-state index in [2.05, 4.69) is 10.6 Å². The first-order chi connectivity index (χ1) is 12.8. The van der Waals surface area contributed by atoms with Gasteiger partial charge in [-0.15, -0.1) is 0 Å². The average molecular weight is 376 g/mol. The van der Waals surface area contributed by atoms with Gasteiger partial charge in [0.05, 0.1) is 13.0 Å². The number of halogens is 2. The van der Waals surface area contributed by atoms with Crippen LogP contribution in [-0.4, -0.2) is 25.5 Å². The molecule has 0 aliphatic heterocycles. The molecule has 2 aromatic carbocycles. The second-order valence-electron chi connectivity index (χ2n) is 6.16. The first-order valence-corrected chi connectivity index (χ1v) is 8.47. The largest absolute Gasteiger partial charge is 0.493 e. The van der Waals surface area contributed by atoms with Gasteiger partial charge in [0, 0.05) is 7.05 Å². The molecule has 0 saturated heterocycles. The summed E-state index contributed by atoms with van der Waals surface area (Å²) in [4.78, 5) is 24.3. The standard InChI is InChI=1S/C20H22F2N2O3/c1-12-4-5-13(2)17(10-12)27-9-8-18(25)24-19(20(26)23-3)14-6-7-15(21)16(22)11-14/h4-7,10-11,19H,8-9H2,1-3H3,(H,23,26)(H,24,25). The van der Waals surface area contributed by atoms with Gasteiger partial charge in [-0.05, 0) is 48.7 Å². The van der Waals surface area contributed by atoms with Gasteiger partial charge in [0.1, 0.15) is 11.8 Å². The van der Waals surface area contributed by atoms with Crippen molar-refractivity contribution < 1.29 is 23.1 Å². The molecule has 144 valence electrons. The van der Waals surface area contributed by atoms with Crippen molar-refractivity contribution in [1.82, 2.24) is 10.6 Å². The van der Waals surface area contributed by atoms with Crippen LogP contribution in [0.3, 0.4) is 0 Å². The molecule has 0 heterocycles. The Morgan fingerprint density at radius 1 is 1.07 bits per heavy atom. The lowest BCUT2D eigenvalue weighted by atomic mass is 10.1. The Labute approximate surface area is 156 Å². The lowest BCUT2D eigenvalue weighted by Gasteiger charge is -2.18. The molecule has 7 heteroatoms. The van der Waals surface area contributed by atoms with E-state index in [1.807, 2.05) is 32.0 Å². The van der Waals surface area contributed by atoms with Crippen molar-refractivity contribution in [2.75, 3.05) is 13.7 Å². The number of aryl methyl sites for hydroxylation is 2. The molecule has 2 aromatic rings. The number of carbonyl (C=O) groups is 2. The third-order valence-electron chi connectivity index (χ3n) is 4.02. The zero-order chi connectivity index (χ0) is 20.0. The summed E-state index contributed by atoms with van der Waals surface area (Å²) in [5, 5.41) is 4.92. The fraction of sp³-hybridized carbons (Fsp3) is 0.300. The SMILES string of the molecule is CNC(=O)C(NC(=O)CCOc1cc(C)ccc1C)c1ccc(F)c(F)c1. The van der Waals surface area contributed by atoms with Crippen molar-refractivity contribution >= 4 is 11.8 Å². The average Bonchev–Trinajstić information content (AvgIpc) is 2.64. The number of hydrogen-bond acceptors (Lipinski definition) is 3. The highest BCUT2D eigenvalue weighted by Crippen LogP contribution is 2.20. The van der Waals surface area contributed by atoms with Gasteiger partial charge >= 0.3 is 0 Å². The van der Waals surface area contributed by atoms with Gasteiger partial charge in [0.15, 0.2) is 11.6 Å². The molecule has 1 unspecified atom stereocenters. The highest BCUT2D eigenvalue weighted by molar-refractivity contribution is 5.88. The van der Waals surface area contributed by atoms with Crippen LogP contribution >= 0.6 is 0 Å². The molecule has 2 rings (SSSR count). The van der Waals surface area contributed by atoms with Crippen LogP contribution in [0.2, 0.25) is 0 Å².